The van der Waals surface area contributed by atoms with E-state index in [0.717, 1.165) is 5.56 Å². The van der Waals surface area contributed by atoms with Crippen LogP contribution in [0.4, 0.5) is 18.9 Å². The maximum absolute atomic E-state index is 13.8. The van der Waals surface area contributed by atoms with Gasteiger partial charge in [0, 0.05) is 30.7 Å². The van der Waals surface area contributed by atoms with Crippen molar-refractivity contribution in [3.8, 4) is 11.3 Å². The zero-order chi connectivity index (χ0) is 20.3. The molecule has 7 nitrogen and oxygen atoms in total. The van der Waals surface area contributed by atoms with Gasteiger partial charge in [0.2, 0.25) is 11.6 Å². The van der Waals surface area contributed by atoms with Gasteiger partial charge in [-0.25, -0.2) is 8.78 Å². The first-order valence-corrected chi connectivity index (χ1v) is 7.99. The number of nitrogens with one attached hydrogen (secondary N) is 1. The fourth-order valence-corrected chi connectivity index (χ4v) is 2.46. The van der Waals surface area contributed by atoms with Crippen LogP contribution in [0.5, 0.6) is 0 Å². The number of amides is 1. The molecule has 0 saturated carbocycles. The van der Waals surface area contributed by atoms with Crippen molar-refractivity contribution < 1.29 is 27.4 Å². The Kier molecular flexibility index (Phi) is 5.39. The highest BCUT2D eigenvalue weighted by atomic mass is 19.2. The Bertz CT molecular complexity index is 1040. The number of nitro groups is 1. The molecule has 1 N–H and O–H groups in total. The summed E-state index contributed by atoms with van der Waals surface area (Å²) < 4.78 is 45.8. The van der Waals surface area contributed by atoms with Crippen molar-refractivity contribution in [1.29, 1.82) is 0 Å². The lowest BCUT2D eigenvalue weighted by atomic mass is 10.1. The fraction of sp³-hybridized carbons (Fsp3) is 0.111. The van der Waals surface area contributed by atoms with Gasteiger partial charge in [-0.2, -0.15) is 4.39 Å². The third-order valence-electron chi connectivity index (χ3n) is 3.85. The Balaban J connectivity index is 1.67. The summed E-state index contributed by atoms with van der Waals surface area (Å²) in [5, 5.41) is 16.8. The van der Waals surface area contributed by atoms with Gasteiger partial charge in [0.1, 0.15) is 0 Å². The van der Waals surface area contributed by atoms with Gasteiger partial charge in [-0.1, -0.05) is 35.5 Å². The van der Waals surface area contributed by atoms with E-state index in [0.29, 0.717) is 17.5 Å². The van der Waals surface area contributed by atoms with E-state index < -0.39 is 39.5 Å². The average Bonchev–Trinajstić information content (AvgIpc) is 3.15. The number of nitro benzene ring substituents is 1. The molecule has 1 heterocycles. The average molecular weight is 391 g/mol. The molecule has 0 aliphatic carbocycles. The molecule has 0 aliphatic rings. The van der Waals surface area contributed by atoms with Gasteiger partial charge in [0.15, 0.2) is 11.6 Å². The second-order valence-corrected chi connectivity index (χ2v) is 5.70. The largest absolute Gasteiger partial charge is 0.356 e. The zero-order valence-corrected chi connectivity index (χ0v) is 14.1. The van der Waals surface area contributed by atoms with Crippen LogP contribution >= 0.6 is 0 Å². The number of hydrogen-bond donors (Lipinski definition) is 1. The van der Waals surface area contributed by atoms with Gasteiger partial charge in [-0.15, -0.1) is 0 Å². The minimum absolute atomic E-state index is 0.0359. The summed E-state index contributed by atoms with van der Waals surface area (Å²) in [6.07, 6.45) is 0.204. The summed E-state index contributed by atoms with van der Waals surface area (Å²) in [5.74, 6) is -6.44. The van der Waals surface area contributed by atoms with Crippen LogP contribution in [-0.4, -0.2) is 22.5 Å². The zero-order valence-electron chi connectivity index (χ0n) is 14.1. The van der Waals surface area contributed by atoms with Crippen molar-refractivity contribution >= 4 is 11.6 Å². The van der Waals surface area contributed by atoms with Crippen LogP contribution < -0.4 is 5.32 Å². The lowest BCUT2D eigenvalue weighted by Gasteiger charge is -2.06. The highest BCUT2D eigenvalue weighted by molar-refractivity contribution is 5.95. The van der Waals surface area contributed by atoms with E-state index in [-0.39, 0.29) is 13.0 Å². The third kappa shape index (κ3) is 3.85. The predicted octanol–water partition coefficient (Wildman–Crippen LogP) is 3.64. The van der Waals surface area contributed by atoms with E-state index in [1.165, 1.54) is 0 Å². The summed E-state index contributed by atoms with van der Waals surface area (Å²) in [6, 6.07) is 11.2. The quantitative estimate of drug-likeness (QED) is 0.393. The summed E-state index contributed by atoms with van der Waals surface area (Å²) in [7, 11) is 0. The van der Waals surface area contributed by atoms with Gasteiger partial charge >= 0.3 is 5.69 Å². The van der Waals surface area contributed by atoms with Gasteiger partial charge in [0.25, 0.3) is 5.91 Å². The lowest BCUT2D eigenvalue weighted by Crippen LogP contribution is -2.27. The smallest absolute Gasteiger partial charge is 0.308 e. The van der Waals surface area contributed by atoms with Crippen molar-refractivity contribution in [1.82, 2.24) is 10.5 Å². The van der Waals surface area contributed by atoms with E-state index in [4.69, 9.17) is 4.52 Å². The van der Waals surface area contributed by atoms with Crippen LogP contribution in [-0.2, 0) is 6.42 Å². The maximum Gasteiger partial charge on any atom is 0.308 e. The molecule has 1 aromatic heterocycles. The molecule has 0 bridgehead atoms. The molecule has 10 heteroatoms. The molecule has 0 spiro atoms. The molecule has 144 valence electrons. The number of rotatable bonds is 6. The van der Waals surface area contributed by atoms with Crippen LogP contribution in [0.25, 0.3) is 11.3 Å². The minimum atomic E-state index is -2.08. The number of halogens is 3. The van der Waals surface area contributed by atoms with Crippen LogP contribution in [0, 0.1) is 27.6 Å². The van der Waals surface area contributed by atoms with Crippen LogP contribution in [0.15, 0.2) is 47.0 Å². The van der Waals surface area contributed by atoms with Crippen molar-refractivity contribution in [3.63, 3.8) is 0 Å². The monoisotopic (exact) mass is 391 g/mol. The number of nitrogens with zero attached hydrogens (tertiary/aromatic N) is 2. The van der Waals surface area contributed by atoms with Crippen LogP contribution in [0.1, 0.15) is 16.1 Å². The van der Waals surface area contributed by atoms with E-state index in [1.54, 1.807) is 6.07 Å². The SMILES string of the molecule is O=C(NCCc1cc(-c2ccccc2)on1)c1cc([N+](=O)[O-])c(F)c(F)c1F. The van der Waals surface area contributed by atoms with Crippen molar-refractivity contribution in [2.24, 2.45) is 0 Å². The minimum Gasteiger partial charge on any atom is -0.356 e. The van der Waals surface area contributed by atoms with E-state index in [2.05, 4.69) is 10.5 Å². The van der Waals surface area contributed by atoms with Crippen LogP contribution in [0.3, 0.4) is 0 Å². The topological polar surface area (TPSA) is 98.3 Å². The van der Waals surface area contributed by atoms with Gasteiger partial charge in [-0.3, -0.25) is 14.9 Å². The molecule has 3 aromatic rings. The Hall–Kier alpha value is -3.69. The highest BCUT2D eigenvalue weighted by Gasteiger charge is 2.28. The highest BCUT2D eigenvalue weighted by Crippen LogP contribution is 2.25. The second-order valence-electron chi connectivity index (χ2n) is 5.70. The Morgan fingerprint density at radius 2 is 1.82 bits per heavy atom. The van der Waals surface area contributed by atoms with E-state index >= 15 is 0 Å². The van der Waals surface area contributed by atoms with Crippen molar-refractivity contribution in [2.75, 3.05) is 6.54 Å². The predicted molar refractivity (Wildman–Crippen MR) is 90.9 cm³/mol. The maximum atomic E-state index is 13.8. The van der Waals surface area contributed by atoms with E-state index in [1.807, 2.05) is 30.3 Å². The number of carbonyl (C=O) groups excluding carboxylic acids is 1. The standard InChI is InChI=1S/C18H12F3N3O4/c19-15-12(9-13(24(26)27)16(20)17(15)21)18(25)22-7-6-11-8-14(28-23-11)10-4-2-1-3-5-10/h1-5,8-9H,6-7H2,(H,22,25). The van der Waals surface area contributed by atoms with E-state index in [9.17, 15) is 28.1 Å². The van der Waals surface area contributed by atoms with Gasteiger partial charge in [-0.05, 0) is 0 Å². The summed E-state index contributed by atoms with van der Waals surface area (Å²) >= 11 is 0. The number of hydrogen-bond acceptors (Lipinski definition) is 5. The Labute approximate surface area is 155 Å². The number of aromatic nitrogens is 1. The molecular weight excluding hydrogens is 379 g/mol. The summed E-state index contributed by atoms with van der Waals surface area (Å²) in [4.78, 5) is 21.5. The Morgan fingerprint density at radius 1 is 1.11 bits per heavy atom. The Morgan fingerprint density at radius 3 is 2.50 bits per heavy atom. The lowest BCUT2D eigenvalue weighted by molar-refractivity contribution is -0.387. The van der Waals surface area contributed by atoms with Crippen molar-refractivity contribution in [3.05, 3.63) is 81.3 Å². The molecule has 0 aliphatic heterocycles. The molecule has 0 saturated heterocycles. The first-order chi connectivity index (χ1) is 13.4. The van der Waals surface area contributed by atoms with Gasteiger partial charge in [0.05, 0.1) is 16.2 Å². The molecule has 2 aromatic carbocycles. The van der Waals surface area contributed by atoms with Crippen LogP contribution in [0.2, 0.25) is 0 Å². The molecule has 0 radical (unpaired) electrons. The fourth-order valence-electron chi connectivity index (χ4n) is 2.46. The molecule has 0 unspecified atom stereocenters. The summed E-state index contributed by atoms with van der Waals surface area (Å²) in [5.41, 5.74) is -0.985. The molecule has 28 heavy (non-hydrogen) atoms. The normalized spacial score (nSPS) is 10.7. The molecule has 3 rings (SSSR count). The van der Waals surface area contributed by atoms with Gasteiger partial charge < -0.3 is 9.84 Å². The molecule has 0 fully saturated rings. The molecular formula is C18H12F3N3O4. The first kappa shape index (κ1) is 19.1. The molecule has 0 atom stereocenters. The summed E-state index contributed by atoms with van der Waals surface area (Å²) in [6.45, 7) is -0.0359. The third-order valence-corrected chi connectivity index (χ3v) is 3.85. The number of benzene rings is 2. The first-order valence-electron chi connectivity index (χ1n) is 7.99. The van der Waals surface area contributed by atoms with Crippen molar-refractivity contribution in [2.45, 2.75) is 6.42 Å². The number of carbonyl (C=O) groups is 1. The molecule has 1 amide bonds. The second kappa shape index (κ2) is 7.91.